The van der Waals surface area contributed by atoms with Crippen LogP contribution in [-0.4, -0.2) is 73.6 Å². The summed E-state index contributed by atoms with van der Waals surface area (Å²) in [5.74, 6) is -3.46. The van der Waals surface area contributed by atoms with Crippen LogP contribution >= 0.6 is 0 Å². The van der Waals surface area contributed by atoms with Gasteiger partial charge in [-0.2, -0.15) is 0 Å². The topological polar surface area (TPSA) is 144 Å². The molecule has 3 fully saturated rings. The molecule has 0 bridgehead atoms. The zero-order valence-corrected chi connectivity index (χ0v) is 27.8. The largest absolute Gasteiger partial charge is 0.465 e. The van der Waals surface area contributed by atoms with Crippen LogP contribution in [0, 0.1) is 28.6 Å². The van der Waals surface area contributed by atoms with E-state index in [9.17, 15) is 24.0 Å². The quantitative estimate of drug-likeness (QED) is 0.138. The zero-order valence-electron chi connectivity index (χ0n) is 27.8. The van der Waals surface area contributed by atoms with Crippen molar-refractivity contribution in [3.8, 4) is 0 Å². The summed E-state index contributed by atoms with van der Waals surface area (Å²) in [4.78, 5) is 63.6. The van der Waals surface area contributed by atoms with Gasteiger partial charge in [0, 0.05) is 37.0 Å². The Labute approximate surface area is 265 Å². The summed E-state index contributed by atoms with van der Waals surface area (Å²) >= 11 is 0. The highest BCUT2D eigenvalue weighted by atomic mass is 16.6. The Morgan fingerprint density at radius 3 is 2.36 bits per heavy atom. The van der Waals surface area contributed by atoms with Crippen molar-refractivity contribution in [2.75, 3.05) is 19.8 Å². The molecule has 0 aromatic rings. The Bertz CT molecular complexity index is 1260. The van der Waals surface area contributed by atoms with Gasteiger partial charge >= 0.3 is 29.8 Å². The highest BCUT2D eigenvalue weighted by molar-refractivity contribution is 5.88. The van der Waals surface area contributed by atoms with Gasteiger partial charge in [0.05, 0.1) is 17.9 Å². The van der Waals surface area contributed by atoms with E-state index in [4.69, 9.17) is 28.4 Å². The second kappa shape index (κ2) is 13.3. The summed E-state index contributed by atoms with van der Waals surface area (Å²) in [6, 6.07) is 0. The standard InChI is InChI=1S/C34H48O11/c1-9-19(3)30(38)44-25-11-12-33(17-42-33)34(18-41-22(6)35)27(43-23(7)36)13-21(5)32(8,29(25)34)15-26(24-14-28(37)40-16-24)45-31(39)20(4)10-2/h9,14,20-21,25-27,29H,10-13,15-18H2,1-8H3/b19-9+/t20-,21+,25+,26-,27-,29+,32-,33?,34+/m0/s1. The lowest BCUT2D eigenvalue weighted by atomic mass is 9.42. The molecule has 0 aromatic carbocycles. The van der Waals surface area contributed by atoms with Crippen molar-refractivity contribution in [1.29, 1.82) is 0 Å². The fraction of sp³-hybridized carbons (Fsp3) is 0.735. The van der Waals surface area contributed by atoms with Crippen molar-refractivity contribution < 1.29 is 52.4 Å². The van der Waals surface area contributed by atoms with Crippen molar-refractivity contribution in [2.24, 2.45) is 28.6 Å². The molecule has 2 saturated carbocycles. The third-order valence-corrected chi connectivity index (χ3v) is 10.9. The number of cyclic esters (lactones) is 1. The van der Waals surface area contributed by atoms with E-state index in [0.29, 0.717) is 43.4 Å². The molecule has 2 aliphatic heterocycles. The third kappa shape index (κ3) is 6.55. The number of ether oxygens (including phenoxy) is 6. The van der Waals surface area contributed by atoms with Crippen molar-refractivity contribution in [3.63, 3.8) is 0 Å². The molecule has 250 valence electrons. The van der Waals surface area contributed by atoms with Crippen molar-refractivity contribution in [2.45, 2.75) is 111 Å². The summed E-state index contributed by atoms with van der Waals surface area (Å²) in [6.45, 7) is 14.1. The van der Waals surface area contributed by atoms with Crippen LogP contribution in [0.5, 0.6) is 0 Å². The van der Waals surface area contributed by atoms with E-state index >= 15 is 0 Å². The maximum atomic E-state index is 13.3. The molecule has 0 radical (unpaired) electrons. The van der Waals surface area contributed by atoms with Crippen LogP contribution < -0.4 is 0 Å². The minimum Gasteiger partial charge on any atom is -0.465 e. The van der Waals surface area contributed by atoms with Crippen LogP contribution in [0.3, 0.4) is 0 Å². The molecule has 11 heteroatoms. The molecule has 45 heavy (non-hydrogen) atoms. The molecule has 2 heterocycles. The third-order valence-electron chi connectivity index (χ3n) is 10.9. The van der Waals surface area contributed by atoms with Gasteiger partial charge in [-0.25, -0.2) is 9.59 Å². The summed E-state index contributed by atoms with van der Waals surface area (Å²) in [5, 5.41) is 0. The van der Waals surface area contributed by atoms with E-state index < -0.39 is 70.5 Å². The van der Waals surface area contributed by atoms with Crippen LogP contribution in [0.2, 0.25) is 0 Å². The number of carbonyl (C=O) groups is 5. The molecule has 11 nitrogen and oxygen atoms in total. The van der Waals surface area contributed by atoms with Crippen LogP contribution in [0.15, 0.2) is 23.3 Å². The average Bonchev–Trinajstić information content (AvgIpc) is 3.64. The van der Waals surface area contributed by atoms with Gasteiger partial charge in [-0.05, 0) is 57.3 Å². The SMILES string of the molecule is C/C=C(\C)C(=O)O[C@@H]1CCC2(CO2)[C@]2(COC(C)=O)[C@@H](OC(C)=O)C[C@@H](C)[C@](C)(C[C@H](OC(=O)[C@@H](C)CC)C3=CC(=O)OC3)[C@@H]12. The average molecular weight is 633 g/mol. The Morgan fingerprint density at radius 2 is 1.82 bits per heavy atom. The van der Waals surface area contributed by atoms with E-state index in [1.54, 1.807) is 26.8 Å². The molecule has 9 atom stereocenters. The Hall–Kier alpha value is -3.21. The van der Waals surface area contributed by atoms with Gasteiger partial charge in [-0.1, -0.05) is 33.8 Å². The number of carbonyl (C=O) groups excluding carboxylic acids is 5. The summed E-state index contributed by atoms with van der Waals surface area (Å²) < 4.78 is 35.7. The van der Waals surface area contributed by atoms with Crippen LogP contribution in [0.1, 0.15) is 87.5 Å². The Morgan fingerprint density at radius 1 is 1.13 bits per heavy atom. The van der Waals surface area contributed by atoms with Gasteiger partial charge in [-0.3, -0.25) is 14.4 Å². The predicted octanol–water partition coefficient (Wildman–Crippen LogP) is 4.40. The second-order valence-corrected chi connectivity index (χ2v) is 13.5. The predicted molar refractivity (Wildman–Crippen MR) is 160 cm³/mol. The highest BCUT2D eigenvalue weighted by Gasteiger charge is 2.77. The van der Waals surface area contributed by atoms with Crippen LogP contribution in [-0.2, 0) is 52.4 Å². The minimum absolute atomic E-state index is 0.00692. The molecular weight excluding hydrogens is 584 g/mol. The first-order chi connectivity index (χ1) is 21.1. The van der Waals surface area contributed by atoms with E-state index in [1.807, 2.05) is 13.8 Å². The Kier molecular flexibility index (Phi) is 10.2. The molecule has 4 rings (SSSR count). The molecular formula is C34H48O11. The van der Waals surface area contributed by atoms with E-state index in [0.717, 1.165) is 0 Å². The van der Waals surface area contributed by atoms with Crippen LogP contribution in [0.4, 0.5) is 0 Å². The minimum atomic E-state index is -1.08. The maximum Gasteiger partial charge on any atom is 0.333 e. The number of allylic oxidation sites excluding steroid dienone is 1. The number of rotatable bonds is 11. The van der Waals surface area contributed by atoms with E-state index in [2.05, 4.69) is 6.92 Å². The molecule has 1 unspecified atom stereocenters. The number of epoxide rings is 1. The zero-order chi connectivity index (χ0) is 33.3. The summed E-state index contributed by atoms with van der Waals surface area (Å²) in [7, 11) is 0. The highest BCUT2D eigenvalue weighted by Crippen LogP contribution is 2.70. The Balaban J connectivity index is 1.90. The van der Waals surface area contributed by atoms with Crippen molar-refractivity contribution in [3.05, 3.63) is 23.3 Å². The van der Waals surface area contributed by atoms with Gasteiger partial charge < -0.3 is 28.4 Å². The lowest BCUT2D eigenvalue weighted by molar-refractivity contribution is -0.258. The lowest BCUT2D eigenvalue weighted by Crippen LogP contribution is -2.71. The molecule has 1 spiro atoms. The molecule has 1 saturated heterocycles. The number of fused-ring (bicyclic) bond motifs is 2. The summed E-state index contributed by atoms with van der Waals surface area (Å²) in [6.07, 6.45) is 3.04. The van der Waals surface area contributed by atoms with Gasteiger partial charge in [0.25, 0.3) is 0 Å². The monoisotopic (exact) mass is 632 g/mol. The second-order valence-electron chi connectivity index (χ2n) is 13.5. The normalized spacial score (nSPS) is 35.3. The lowest BCUT2D eigenvalue weighted by Gasteiger charge is -2.64. The van der Waals surface area contributed by atoms with Gasteiger partial charge in [0.15, 0.2) is 0 Å². The summed E-state index contributed by atoms with van der Waals surface area (Å²) in [5.41, 5.74) is -1.65. The molecule has 0 aromatic heterocycles. The van der Waals surface area contributed by atoms with E-state index in [-0.39, 0.29) is 31.5 Å². The number of hydrogen-bond donors (Lipinski definition) is 0. The van der Waals surface area contributed by atoms with Gasteiger partial charge in [-0.15, -0.1) is 0 Å². The first-order valence-corrected chi connectivity index (χ1v) is 16.0. The first-order valence-electron chi connectivity index (χ1n) is 16.0. The maximum absolute atomic E-state index is 13.3. The fourth-order valence-corrected chi connectivity index (χ4v) is 7.84. The smallest absolute Gasteiger partial charge is 0.333 e. The first kappa shape index (κ1) is 34.7. The molecule has 0 N–H and O–H groups in total. The van der Waals surface area contributed by atoms with Crippen molar-refractivity contribution >= 4 is 29.8 Å². The van der Waals surface area contributed by atoms with Gasteiger partial charge in [0.1, 0.15) is 37.1 Å². The molecule has 2 aliphatic carbocycles. The molecule has 4 aliphatic rings. The fourth-order valence-electron chi connectivity index (χ4n) is 7.84. The van der Waals surface area contributed by atoms with Crippen LogP contribution in [0.25, 0.3) is 0 Å². The number of esters is 5. The van der Waals surface area contributed by atoms with Crippen molar-refractivity contribution in [1.82, 2.24) is 0 Å². The van der Waals surface area contributed by atoms with E-state index in [1.165, 1.54) is 19.9 Å². The van der Waals surface area contributed by atoms with Gasteiger partial charge in [0.2, 0.25) is 0 Å². The molecule has 0 amide bonds. The number of hydrogen-bond acceptors (Lipinski definition) is 11.